The molecule has 3 aromatic rings. The van der Waals surface area contributed by atoms with E-state index in [1.807, 2.05) is 0 Å². The lowest BCUT2D eigenvalue weighted by Crippen LogP contribution is -2.15. The molecule has 31 heavy (non-hydrogen) atoms. The predicted octanol–water partition coefficient (Wildman–Crippen LogP) is 4.40. The first-order valence-corrected chi connectivity index (χ1v) is 9.14. The van der Waals surface area contributed by atoms with Crippen LogP contribution in [0.3, 0.4) is 0 Å². The molecule has 0 aromatic heterocycles. The van der Waals surface area contributed by atoms with E-state index < -0.39 is 17.6 Å². The molecule has 3 aromatic carbocycles. The van der Waals surface area contributed by atoms with Crippen LogP contribution in [0.25, 0.3) is 6.08 Å². The zero-order valence-corrected chi connectivity index (χ0v) is 16.5. The zero-order valence-electron chi connectivity index (χ0n) is 16.5. The molecule has 0 radical (unpaired) electrons. The predicted molar refractivity (Wildman–Crippen MR) is 113 cm³/mol. The number of anilines is 1. The molecule has 8 heteroatoms. The molecule has 7 nitrogen and oxygen atoms in total. The number of carbonyl (C=O) groups excluding carboxylic acids is 2. The average Bonchev–Trinajstić information content (AvgIpc) is 2.78. The number of para-hydroxylation sites is 2. The van der Waals surface area contributed by atoms with Gasteiger partial charge in [-0.1, -0.05) is 30.3 Å². The van der Waals surface area contributed by atoms with Crippen LogP contribution in [0.15, 0.2) is 72.8 Å². The van der Waals surface area contributed by atoms with E-state index in [1.165, 1.54) is 36.9 Å². The number of hydrogen-bond acceptors (Lipinski definition) is 5. The Hall–Kier alpha value is -4.17. The lowest BCUT2D eigenvalue weighted by atomic mass is 10.1. The van der Waals surface area contributed by atoms with Crippen molar-refractivity contribution in [2.45, 2.75) is 0 Å². The lowest BCUT2D eigenvalue weighted by molar-refractivity contribution is -0.124. The van der Waals surface area contributed by atoms with E-state index in [0.29, 0.717) is 17.0 Å². The van der Waals surface area contributed by atoms with E-state index in [-0.39, 0.29) is 17.1 Å². The van der Waals surface area contributed by atoms with Gasteiger partial charge >= 0.3 is 0 Å². The highest BCUT2D eigenvalue weighted by atomic mass is 19.1. The highest BCUT2D eigenvalue weighted by Gasteiger charge is 2.16. The monoisotopic (exact) mass is 422 g/mol. The number of benzene rings is 3. The third-order valence-electron chi connectivity index (χ3n) is 4.21. The van der Waals surface area contributed by atoms with Gasteiger partial charge in [0.1, 0.15) is 11.6 Å². The van der Waals surface area contributed by atoms with Gasteiger partial charge in [-0.25, -0.2) is 9.87 Å². The second-order valence-corrected chi connectivity index (χ2v) is 6.24. The fourth-order valence-corrected chi connectivity index (χ4v) is 2.74. The maximum Gasteiger partial charge on any atom is 0.267 e. The Balaban J connectivity index is 1.88. The number of methoxy groups -OCH3 is 1. The third kappa shape index (κ3) is 5.46. The molecule has 0 unspecified atom stereocenters. The molecule has 0 aliphatic heterocycles. The minimum atomic E-state index is -0.705. The van der Waals surface area contributed by atoms with Crippen LogP contribution in [-0.2, 0) is 4.79 Å². The average molecular weight is 422 g/mol. The first-order valence-electron chi connectivity index (χ1n) is 9.14. The van der Waals surface area contributed by atoms with Gasteiger partial charge < -0.3 is 14.8 Å². The van der Waals surface area contributed by atoms with Gasteiger partial charge in [-0.15, -0.1) is 0 Å². The Morgan fingerprint density at radius 1 is 0.968 bits per heavy atom. The SMILES string of the molecule is COc1ccc(F)cc1Oc1ccccc1C(=O)Nc1ccccc1C=CC(=O)NO. The van der Waals surface area contributed by atoms with Crippen LogP contribution in [0.2, 0.25) is 0 Å². The number of amides is 2. The summed E-state index contributed by atoms with van der Waals surface area (Å²) in [5.74, 6) is -1.04. The van der Waals surface area contributed by atoms with Gasteiger partial charge in [0.25, 0.3) is 11.8 Å². The van der Waals surface area contributed by atoms with E-state index in [2.05, 4.69) is 5.32 Å². The molecule has 0 aliphatic rings. The van der Waals surface area contributed by atoms with Crippen LogP contribution in [0.4, 0.5) is 10.1 Å². The molecular formula is C23H19FN2O5. The Labute approximate surface area is 177 Å². The van der Waals surface area contributed by atoms with Crippen molar-refractivity contribution in [2.24, 2.45) is 0 Å². The van der Waals surface area contributed by atoms with Crippen molar-refractivity contribution in [2.75, 3.05) is 12.4 Å². The summed E-state index contributed by atoms with van der Waals surface area (Å²) in [6, 6.07) is 17.1. The molecule has 158 valence electrons. The van der Waals surface area contributed by atoms with Crippen LogP contribution < -0.4 is 20.3 Å². The number of hydroxylamine groups is 1. The number of halogens is 1. The fourth-order valence-electron chi connectivity index (χ4n) is 2.74. The Morgan fingerprint density at radius 2 is 1.71 bits per heavy atom. The van der Waals surface area contributed by atoms with E-state index in [4.69, 9.17) is 14.7 Å². The van der Waals surface area contributed by atoms with Crippen molar-refractivity contribution in [3.05, 3.63) is 89.8 Å². The molecule has 0 heterocycles. The van der Waals surface area contributed by atoms with Crippen molar-refractivity contribution in [3.63, 3.8) is 0 Å². The van der Waals surface area contributed by atoms with Crippen LogP contribution in [0.1, 0.15) is 15.9 Å². The van der Waals surface area contributed by atoms with Gasteiger partial charge in [0.05, 0.1) is 12.7 Å². The zero-order chi connectivity index (χ0) is 22.2. The summed E-state index contributed by atoms with van der Waals surface area (Å²) in [6.45, 7) is 0. The van der Waals surface area contributed by atoms with Crippen molar-refractivity contribution in [1.29, 1.82) is 0 Å². The molecule has 0 fully saturated rings. The molecule has 3 N–H and O–H groups in total. The Morgan fingerprint density at radius 3 is 2.48 bits per heavy atom. The molecule has 0 atom stereocenters. The molecule has 0 saturated heterocycles. The first kappa shape index (κ1) is 21.5. The maximum absolute atomic E-state index is 13.7. The lowest BCUT2D eigenvalue weighted by Gasteiger charge is -2.14. The summed E-state index contributed by atoms with van der Waals surface area (Å²) in [4.78, 5) is 24.2. The summed E-state index contributed by atoms with van der Waals surface area (Å²) >= 11 is 0. The molecular weight excluding hydrogens is 403 g/mol. The topological polar surface area (TPSA) is 96.9 Å². The van der Waals surface area contributed by atoms with Crippen molar-refractivity contribution >= 4 is 23.6 Å². The molecule has 0 spiro atoms. The minimum absolute atomic E-state index is 0.126. The van der Waals surface area contributed by atoms with E-state index in [1.54, 1.807) is 48.5 Å². The number of nitrogens with one attached hydrogen (secondary N) is 2. The number of ether oxygens (including phenoxy) is 2. The normalized spacial score (nSPS) is 10.5. The van der Waals surface area contributed by atoms with E-state index in [9.17, 15) is 14.0 Å². The van der Waals surface area contributed by atoms with Gasteiger partial charge in [0, 0.05) is 17.8 Å². The summed E-state index contributed by atoms with van der Waals surface area (Å²) < 4.78 is 24.6. The second-order valence-electron chi connectivity index (χ2n) is 6.24. The second kappa shape index (κ2) is 10.0. The summed E-state index contributed by atoms with van der Waals surface area (Å²) in [6.07, 6.45) is 2.57. The number of carbonyl (C=O) groups is 2. The quantitative estimate of drug-likeness (QED) is 0.298. The number of rotatable bonds is 7. The van der Waals surface area contributed by atoms with Gasteiger partial charge in [-0.3, -0.25) is 14.8 Å². The van der Waals surface area contributed by atoms with Gasteiger partial charge in [-0.2, -0.15) is 0 Å². The summed E-state index contributed by atoms with van der Waals surface area (Å²) in [7, 11) is 1.43. The standard InChI is InChI=1S/C23H19FN2O5/c1-30-20-12-11-16(24)14-21(20)31-19-9-5-3-7-17(19)23(28)25-18-8-4-2-6-15(18)10-13-22(27)26-29/h2-14,29H,1H3,(H,25,28)(H,26,27). The van der Waals surface area contributed by atoms with E-state index in [0.717, 1.165) is 6.08 Å². The molecule has 0 aliphatic carbocycles. The van der Waals surface area contributed by atoms with E-state index >= 15 is 0 Å². The molecule has 0 bridgehead atoms. The molecule has 0 saturated carbocycles. The largest absolute Gasteiger partial charge is 0.493 e. The van der Waals surface area contributed by atoms with Crippen LogP contribution in [0, 0.1) is 5.82 Å². The summed E-state index contributed by atoms with van der Waals surface area (Å²) in [5.41, 5.74) is 2.69. The number of hydrogen-bond donors (Lipinski definition) is 3. The van der Waals surface area contributed by atoms with Crippen molar-refractivity contribution in [3.8, 4) is 17.2 Å². The third-order valence-corrected chi connectivity index (χ3v) is 4.21. The molecule has 2 amide bonds. The maximum atomic E-state index is 13.7. The highest BCUT2D eigenvalue weighted by molar-refractivity contribution is 6.07. The minimum Gasteiger partial charge on any atom is -0.493 e. The van der Waals surface area contributed by atoms with Crippen molar-refractivity contribution in [1.82, 2.24) is 5.48 Å². The van der Waals surface area contributed by atoms with Crippen LogP contribution >= 0.6 is 0 Å². The Kier molecular flexibility index (Phi) is 6.97. The smallest absolute Gasteiger partial charge is 0.267 e. The highest BCUT2D eigenvalue weighted by Crippen LogP contribution is 2.34. The van der Waals surface area contributed by atoms with Crippen LogP contribution in [-0.4, -0.2) is 24.1 Å². The van der Waals surface area contributed by atoms with Crippen LogP contribution in [0.5, 0.6) is 17.2 Å². The first-order chi connectivity index (χ1) is 15.0. The van der Waals surface area contributed by atoms with Gasteiger partial charge in [-0.05, 0) is 42.0 Å². The Bertz CT molecular complexity index is 1130. The van der Waals surface area contributed by atoms with Crippen molar-refractivity contribution < 1.29 is 28.7 Å². The van der Waals surface area contributed by atoms with Gasteiger partial charge in [0.2, 0.25) is 0 Å². The molecule has 3 rings (SSSR count). The van der Waals surface area contributed by atoms with Gasteiger partial charge in [0.15, 0.2) is 11.5 Å². The fraction of sp³-hybridized carbons (Fsp3) is 0.0435. The summed E-state index contributed by atoms with van der Waals surface area (Å²) in [5, 5.41) is 11.4.